The Labute approximate surface area is 202 Å². The van der Waals surface area contributed by atoms with Crippen molar-refractivity contribution in [3.63, 3.8) is 0 Å². The van der Waals surface area contributed by atoms with Crippen LogP contribution in [0.3, 0.4) is 0 Å². The van der Waals surface area contributed by atoms with Crippen LogP contribution in [0, 0.1) is 6.92 Å². The number of hydrogen-bond donors (Lipinski definition) is 1. The van der Waals surface area contributed by atoms with Crippen molar-refractivity contribution < 1.29 is 24.1 Å². The number of aryl methyl sites for hydroxylation is 2. The molecular weight excluding hydrogens is 428 g/mol. The van der Waals surface area contributed by atoms with E-state index in [1.807, 2.05) is 61.5 Å². The van der Waals surface area contributed by atoms with Gasteiger partial charge in [0.1, 0.15) is 23.4 Å². The van der Waals surface area contributed by atoms with Crippen molar-refractivity contribution in [2.75, 3.05) is 13.7 Å². The molecule has 0 aliphatic rings. The lowest BCUT2D eigenvalue weighted by molar-refractivity contribution is -0.136. The van der Waals surface area contributed by atoms with Crippen LogP contribution in [-0.4, -0.2) is 30.9 Å². The van der Waals surface area contributed by atoms with Crippen molar-refractivity contribution in [3.05, 3.63) is 77.9 Å². The van der Waals surface area contributed by atoms with Crippen LogP contribution in [0.5, 0.6) is 17.2 Å². The van der Waals surface area contributed by atoms with Crippen LogP contribution in [-0.2, 0) is 11.2 Å². The molecule has 0 aliphatic heterocycles. The van der Waals surface area contributed by atoms with E-state index in [-0.39, 0.29) is 12.5 Å². The zero-order chi connectivity index (χ0) is 24.3. The molecular formula is C29H34O5. The Hall–Kier alpha value is -3.47. The van der Waals surface area contributed by atoms with Gasteiger partial charge in [-0.25, -0.2) is 0 Å². The molecule has 0 radical (unpaired) electrons. The van der Waals surface area contributed by atoms with Crippen molar-refractivity contribution in [3.8, 4) is 28.4 Å². The first kappa shape index (κ1) is 25.2. The third-order valence-electron chi connectivity index (χ3n) is 5.80. The van der Waals surface area contributed by atoms with Gasteiger partial charge in [0.25, 0.3) is 0 Å². The highest BCUT2D eigenvalue weighted by Crippen LogP contribution is 2.34. The molecule has 0 saturated heterocycles. The number of ether oxygens (including phenoxy) is 3. The van der Waals surface area contributed by atoms with E-state index in [0.717, 1.165) is 58.8 Å². The standard InChI is InChI=1S/C29H34O5/c1-4-8-24(17-18-33-25-13-11-22(21(2)19-25)12-16-29(30)31)34-26-14-15-27(28(20-26)32-3)23-9-6-5-7-10-23/h5-7,9-11,13-15,19-20,24H,4,8,12,16-18H2,1-3H3,(H,30,31). The molecule has 3 rings (SSSR count). The molecule has 1 unspecified atom stereocenters. The van der Waals surface area contributed by atoms with Gasteiger partial charge < -0.3 is 19.3 Å². The molecule has 5 heteroatoms. The second-order valence-corrected chi connectivity index (χ2v) is 8.38. The van der Waals surface area contributed by atoms with Crippen molar-refractivity contribution >= 4 is 5.97 Å². The first-order chi connectivity index (χ1) is 16.5. The summed E-state index contributed by atoms with van der Waals surface area (Å²) < 4.78 is 17.9. The average molecular weight is 463 g/mol. The maximum Gasteiger partial charge on any atom is 0.303 e. The van der Waals surface area contributed by atoms with Crippen LogP contribution in [0.2, 0.25) is 0 Å². The molecule has 180 valence electrons. The van der Waals surface area contributed by atoms with Crippen LogP contribution in [0.4, 0.5) is 0 Å². The molecule has 3 aromatic carbocycles. The number of carboxylic acid groups (broad SMARTS) is 1. The maximum atomic E-state index is 10.8. The fraction of sp³-hybridized carbons (Fsp3) is 0.345. The summed E-state index contributed by atoms with van der Waals surface area (Å²) >= 11 is 0. The SMILES string of the molecule is CCCC(CCOc1ccc(CCC(=O)O)c(C)c1)Oc1ccc(-c2ccccc2)c(OC)c1. The van der Waals surface area contributed by atoms with Gasteiger partial charge in [-0.05, 0) is 60.7 Å². The normalized spacial score (nSPS) is 11.6. The molecule has 3 aromatic rings. The third-order valence-corrected chi connectivity index (χ3v) is 5.80. The smallest absolute Gasteiger partial charge is 0.303 e. The van der Waals surface area contributed by atoms with Crippen molar-refractivity contribution in [2.45, 2.75) is 52.1 Å². The highest BCUT2D eigenvalue weighted by Gasteiger charge is 2.13. The van der Waals surface area contributed by atoms with Gasteiger partial charge in [-0.2, -0.15) is 0 Å². The summed E-state index contributed by atoms with van der Waals surface area (Å²) in [6.45, 7) is 4.67. The van der Waals surface area contributed by atoms with Gasteiger partial charge in [0, 0.05) is 24.5 Å². The van der Waals surface area contributed by atoms with E-state index in [0.29, 0.717) is 13.0 Å². The summed E-state index contributed by atoms with van der Waals surface area (Å²) in [5, 5.41) is 8.89. The van der Waals surface area contributed by atoms with Crippen LogP contribution < -0.4 is 14.2 Å². The number of carbonyl (C=O) groups is 1. The first-order valence-electron chi connectivity index (χ1n) is 11.8. The van der Waals surface area contributed by atoms with Gasteiger partial charge in [-0.3, -0.25) is 4.79 Å². The minimum atomic E-state index is -0.783. The minimum Gasteiger partial charge on any atom is -0.496 e. The van der Waals surface area contributed by atoms with Gasteiger partial charge >= 0.3 is 5.97 Å². The number of benzene rings is 3. The molecule has 0 heterocycles. The second kappa shape index (κ2) is 12.7. The fourth-order valence-corrected chi connectivity index (χ4v) is 3.97. The number of aliphatic carboxylic acids is 1. The van der Waals surface area contributed by atoms with Gasteiger partial charge in [0.2, 0.25) is 0 Å². The lowest BCUT2D eigenvalue weighted by Gasteiger charge is -2.20. The highest BCUT2D eigenvalue weighted by molar-refractivity contribution is 5.71. The summed E-state index contributed by atoms with van der Waals surface area (Å²) in [4.78, 5) is 10.8. The van der Waals surface area contributed by atoms with E-state index >= 15 is 0 Å². The highest BCUT2D eigenvalue weighted by atomic mass is 16.5. The van der Waals surface area contributed by atoms with Gasteiger partial charge in [0.05, 0.1) is 13.7 Å². The Kier molecular flexibility index (Phi) is 9.39. The molecule has 34 heavy (non-hydrogen) atoms. The summed E-state index contributed by atoms with van der Waals surface area (Å²) in [5.74, 6) is 1.58. The van der Waals surface area contributed by atoms with Crippen molar-refractivity contribution in [1.29, 1.82) is 0 Å². The molecule has 0 amide bonds. The monoisotopic (exact) mass is 462 g/mol. The number of methoxy groups -OCH3 is 1. The molecule has 0 spiro atoms. The van der Waals surface area contributed by atoms with Crippen LogP contribution in [0.25, 0.3) is 11.1 Å². The molecule has 0 aromatic heterocycles. The lowest BCUT2D eigenvalue weighted by atomic mass is 10.0. The van der Waals surface area contributed by atoms with Crippen molar-refractivity contribution in [1.82, 2.24) is 0 Å². The fourth-order valence-electron chi connectivity index (χ4n) is 3.97. The zero-order valence-corrected chi connectivity index (χ0v) is 20.3. The third kappa shape index (κ3) is 7.27. The summed E-state index contributed by atoms with van der Waals surface area (Å²) in [6, 6.07) is 22.0. The Bertz CT molecular complexity index is 1060. The van der Waals surface area contributed by atoms with Crippen LogP contribution in [0.15, 0.2) is 66.7 Å². The van der Waals surface area contributed by atoms with Gasteiger partial charge in [-0.15, -0.1) is 0 Å². The van der Waals surface area contributed by atoms with Crippen LogP contribution >= 0.6 is 0 Å². The number of carboxylic acids is 1. The minimum absolute atomic E-state index is 0.0354. The molecule has 1 atom stereocenters. The summed E-state index contributed by atoms with van der Waals surface area (Å²) in [7, 11) is 1.68. The number of rotatable bonds is 13. The number of hydrogen-bond acceptors (Lipinski definition) is 4. The quantitative estimate of drug-likeness (QED) is 0.306. The molecule has 0 bridgehead atoms. The lowest BCUT2D eigenvalue weighted by Crippen LogP contribution is -2.19. The van der Waals surface area contributed by atoms with Crippen LogP contribution in [0.1, 0.15) is 43.7 Å². The summed E-state index contributed by atoms with van der Waals surface area (Å²) in [6.07, 6.45) is 3.40. The first-order valence-corrected chi connectivity index (χ1v) is 11.8. The Balaban J connectivity index is 1.59. The molecule has 0 saturated carbocycles. The van der Waals surface area contributed by atoms with E-state index in [4.69, 9.17) is 19.3 Å². The van der Waals surface area contributed by atoms with E-state index < -0.39 is 5.97 Å². The van der Waals surface area contributed by atoms with E-state index in [9.17, 15) is 4.79 Å². The second-order valence-electron chi connectivity index (χ2n) is 8.38. The van der Waals surface area contributed by atoms with E-state index in [2.05, 4.69) is 19.1 Å². The Morgan fingerprint density at radius 3 is 2.41 bits per heavy atom. The molecule has 5 nitrogen and oxygen atoms in total. The van der Waals surface area contributed by atoms with Gasteiger partial charge in [-0.1, -0.05) is 49.7 Å². The predicted molar refractivity (Wildman–Crippen MR) is 135 cm³/mol. The Morgan fingerprint density at radius 2 is 1.74 bits per heavy atom. The topological polar surface area (TPSA) is 65.0 Å². The molecule has 1 N–H and O–H groups in total. The zero-order valence-electron chi connectivity index (χ0n) is 20.3. The predicted octanol–water partition coefficient (Wildman–Crippen LogP) is 6.70. The molecule has 0 fully saturated rings. The maximum absolute atomic E-state index is 10.8. The summed E-state index contributed by atoms with van der Waals surface area (Å²) in [5.41, 5.74) is 4.22. The van der Waals surface area contributed by atoms with Gasteiger partial charge in [0.15, 0.2) is 0 Å². The molecule has 0 aliphatic carbocycles. The van der Waals surface area contributed by atoms with E-state index in [1.54, 1.807) is 7.11 Å². The Morgan fingerprint density at radius 1 is 0.971 bits per heavy atom. The average Bonchev–Trinajstić information content (AvgIpc) is 2.84. The van der Waals surface area contributed by atoms with Crippen molar-refractivity contribution in [2.24, 2.45) is 0 Å². The largest absolute Gasteiger partial charge is 0.496 e. The van der Waals surface area contributed by atoms with E-state index in [1.165, 1.54) is 0 Å².